The Hall–Kier alpha value is -1.89. The minimum atomic E-state index is -0.564. The van der Waals surface area contributed by atoms with E-state index in [4.69, 9.17) is 32.7 Å². The Bertz CT molecular complexity index is 768. The molecule has 138 valence electrons. The summed E-state index contributed by atoms with van der Waals surface area (Å²) in [5, 5.41) is 3.24. The number of anilines is 1. The van der Waals surface area contributed by atoms with Crippen LogP contribution in [0.25, 0.3) is 0 Å². The van der Waals surface area contributed by atoms with Gasteiger partial charge in [-0.1, -0.05) is 52.7 Å². The summed E-state index contributed by atoms with van der Waals surface area (Å²) in [4.78, 5) is 23.4. The summed E-state index contributed by atoms with van der Waals surface area (Å²) in [5.74, 6) is 0.719. The van der Waals surface area contributed by atoms with Crippen LogP contribution in [0.3, 0.4) is 0 Å². The fraction of sp³-hybridized carbons (Fsp3) is 0.222. The number of hydrogen-bond acceptors (Lipinski definition) is 5. The molecular weight excluding hydrogens is 397 g/mol. The van der Waals surface area contributed by atoms with E-state index in [1.54, 1.807) is 24.3 Å². The molecule has 0 saturated heterocycles. The van der Waals surface area contributed by atoms with Gasteiger partial charge in [-0.15, -0.1) is 0 Å². The predicted molar refractivity (Wildman–Crippen MR) is 106 cm³/mol. The molecule has 2 aromatic rings. The highest BCUT2D eigenvalue weighted by Crippen LogP contribution is 2.27. The van der Waals surface area contributed by atoms with Crippen LogP contribution in [0.2, 0.25) is 10.0 Å². The van der Waals surface area contributed by atoms with Gasteiger partial charge in [0.25, 0.3) is 0 Å². The first kappa shape index (κ1) is 20.4. The van der Waals surface area contributed by atoms with Crippen LogP contribution in [0.15, 0.2) is 42.5 Å². The third kappa shape index (κ3) is 7.15. The van der Waals surface area contributed by atoms with Gasteiger partial charge in [0.1, 0.15) is 12.4 Å². The smallest absolute Gasteiger partial charge is 0.411 e. The molecule has 5 nitrogen and oxygen atoms in total. The maximum Gasteiger partial charge on any atom is 0.411 e. The number of hydrogen-bond donors (Lipinski definition) is 1. The first-order valence-electron chi connectivity index (χ1n) is 7.68. The van der Waals surface area contributed by atoms with E-state index < -0.39 is 6.09 Å². The topological polar surface area (TPSA) is 64.6 Å². The zero-order chi connectivity index (χ0) is 18.9. The Morgan fingerprint density at radius 1 is 1.12 bits per heavy atom. The molecule has 0 aliphatic carbocycles. The summed E-state index contributed by atoms with van der Waals surface area (Å²) in [6.07, 6.45) is -0.564. The number of rotatable bonds is 7. The lowest BCUT2D eigenvalue weighted by Gasteiger charge is -2.08. The number of benzene rings is 2. The van der Waals surface area contributed by atoms with Crippen LogP contribution in [-0.2, 0) is 9.53 Å². The Morgan fingerprint density at radius 2 is 1.85 bits per heavy atom. The molecule has 1 N–H and O–H groups in total. The van der Waals surface area contributed by atoms with Crippen molar-refractivity contribution in [3.05, 3.63) is 58.1 Å². The number of nitrogens with one attached hydrogen (secondary N) is 1. The van der Waals surface area contributed by atoms with Crippen LogP contribution < -0.4 is 10.1 Å². The molecule has 0 radical (unpaired) electrons. The van der Waals surface area contributed by atoms with E-state index in [-0.39, 0.29) is 18.3 Å². The van der Waals surface area contributed by atoms with Gasteiger partial charge in [-0.05, 0) is 37.3 Å². The summed E-state index contributed by atoms with van der Waals surface area (Å²) in [7, 11) is 0. The summed E-state index contributed by atoms with van der Waals surface area (Å²) < 4.78 is 10.4. The van der Waals surface area contributed by atoms with E-state index in [1.165, 1.54) is 6.07 Å². The number of carbonyl (C=O) groups excluding carboxylic acids is 2. The van der Waals surface area contributed by atoms with Crippen molar-refractivity contribution in [3.63, 3.8) is 0 Å². The summed E-state index contributed by atoms with van der Waals surface area (Å²) in [6.45, 7) is 1.93. The Morgan fingerprint density at radius 3 is 2.54 bits per heavy atom. The van der Waals surface area contributed by atoms with Crippen LogP contribution in [0.1, 0.15) is 5.56 Å². The lowest BCUT2D eigenvalue weighted by atomic mass is 10.2. The van der Waals surface area contributed by atoms with Gasteiger partial charge in [0.2, 0.25) is 5.12 Å². The number of ether oxygens (including phenoxy) is 2. The van der Waals surface area contributed by atoms with Crippen LogP contribution >= 0.6 is 35.0 Å². The van der Waals surface area contributed by atoms with E-state index in [0.717, 1.165) is 17.3 Å². The first-order valence-corrected chi connectivity index (χ1v) is 9.42. The summed E-state index contributed by atoms with van der Waals surface area (Å²) in [5.41, 5.74) is 1.75. The monoisotopic (exact) mass is 413 g/mol. The minimum Gasteiger partial charge on any atom is -0.483 e. The molecule has 0 bridgehead atoms. The van der Waals surface area contributed by atoms with Gasteiger partial charge in [0.05, 0.1) is 5.02 Å². The lowest BCUT2D eigenvalue weighted by Crippen LogP contribution is -2.16. The second kappa shape index (κ2) is 10.3. The molecule has 0 spiro atoms. The van der Waals surface area contributed by atoms with Gasteiger partial charge in [-0.3, -0.25) is 10.1 Å². The van der Waals surface area contributed by atoms with Crippen LogP contribution in [0, 0.1) is 6.92 Å². The first-order chi connectivity index (χ1) is 12.4. The zero-order valence-electron chi connectivity index (χ0n) is 14.0. The van der Waals surface area contributed by atoms with E-state index in [9.17, 15) is 9.59 Å². The molecule has 1 amide bonds. The Kier molecular flexibility index (Phi) is 8.09. The predicted octanol–water partition coefficient (Wildman–Crippen LogP) is 5.19. The fourth-order valence-electron chi connectivity index (χ4n) is 1.85. The van der Waals surface area contributed by atoms with E-state index in [1.807, 2.05) is 19.1 Å². The van der Waals surface area contributed by atoms with E-state index >= 15 is 0 Å². The molecule has 0 aliphatic rings. The molecule has 2 rings (SSSR count). The number of halogens is 2. The van der Waals surface area contributed by atoms with Gasteiger partial charge in [-0.2, -0.15) is 0 Å². The molecule has 0 unspecified atom stereocenters. The van der Waals surface area contributed by atoms with Crippen molar-refractivity contribution >= 4 is 51.9 Å². The molecular formula is C18H17Cl2NO4S. The third-order valence-electron chi connectivity index (χ3n) is 3.12. The maximum absolute atomic E-state index is 11.8. The minimum absolute atomic E-state index is 0.107. The standard InChI is InChI=1S/C18H17Cl2NO4S/c1-12-2-5-14(6-3-12)21-18(23)24-8-9-26-17(22)11-25-16-7-4-13(19)10-15(16)20/h2-7,10H,8-9,11H2,1H3,(H,21,23). The highest BCUT2D eigenvalue weighted by atomic mass is 35.5. The van der Waals surface area contributed by atoms with Crippen molar-refractivity contribution in [2.45, 2.75) is 6.92 Å². The van der Waals surface area contributed by atoms with Crippen LogP contribution in [-0.4, -0.2) is 30.2 Å². The molecule has 0 heterocycles. The zero-order valence-corrected chi connectivity index (χ0v) is 16.3. The van der Waals surface area contributed by atoms with Gasteiger partial charge >= 0.3 is 6.09 Å². The number of thioether (sulfide) groups is 1. The molecule has 0 saturated carbocycles. The fourth-order valence-corrected chi connectivity index (χ4v) is 2.85. The second-order valence-electron chi connectivity index (χ2n) is 5.21. The maximum atomic E-state index is 11.8. The van der Waals surface area contributed by atoms with Crippen molar-refractivity contribution in [1.29, 1.82) is 0 Å². The normalized spacial score (nSPS) is 10.3. The van der Waals surface area contributed by atoms with Crippen molar-refractivity contribution in [1.82, 2.24) is 0 Å². The van der Waals surface area contributed by atoms with Crippen molar-refractivity contribution in [3.8, 4) is 5.75 Å². The van der Waals surface area contributed by atoms with Gasteiger partial charge in [0, 0.05) is 16.5 Å². The number of carbonyl (C=O) groups is 2. The van der Waals surface area contributed by atoms with E-state index in [2.05, 4.69) is 5.32 Å². The number of amides is 1. The largest absolute Gasteiger partial charge is 0.483 e. The molecule has 2 aromatic carbocycles. The molecule has 0 aliphatic heterocycles. The van der Waals surface area contributed by atoms with Crippen molar-refractivity contribution < 1.29 is 19.1 Å². The van der Waals surface area contributed by atoms with Gasteiger partial charge < -0.3 is 9.47 Å². The van der Waals surface area contributed by atoms with Crippen LogP contribution in [0.4, 0.5) is 10.5 Å². The summed E-state index contributed by atoms with van der Waals surface area (Å²) in [6, 6.07) is 12.1. The third-order valence-corrected chi connectivity index (χ3v) is 4.46. The molecule has 8 heteroatoms. The average Bonchev–Trinajstić information content (AvgIpc) is 2.60. The van der Waals surface area contributed by atoms with Gasteiger partial charge in [-0.25, -0.2) is 4.79 Å². The van der Waals surface area contributed by atoms with E-state index in [0.29, 0.717) is 27.2 Å². The highest BCUT2D eigenvalue weighted by Gasteiger charge is 2.08. The lowest BCUT2D eigenvalue weighted by molar-refractivity contribution is -0.112. The molecule has 0 fully saturated rings. The van der Waals surface area contributed by atoms with Gasteiger partial charge in [0.15, 0.2) is 6.61 Å². The quantitative estimate of drug-likeness (QED) is 0.632. The Labute approximate surface area is 166 Å². The molecule has 26 heavy (non-hydrogen) atoms. The van der Waals surface area contributed by atoms with Crippen LogP contribution in [0.5, 0.6) is 5.75 Å². The van der Waals surface area contributed by atoms with Crippen molar-refractivity contribution in [2.75, 3.05) is 24.3 Å². The summed E-state index contributed by atoms with van der Waals surface area (Å²) >= 11 is 12.8. The number of aryl methyl sites for hydroxylation is 1. The SMILES string of the molecule is Cc1ccc(NC(=O)OCCSC(=O)COc2ccc(Cl)cc2Cl)cc1. The second-order valence-corrected chi connectivity index (χ2v) is 7.21. The molecule has 0 atom stereocenters. The molecule has 0 aromatic heterocycles. The average molecular weight is 414 g/mol. The van der Waals surface area contributed by atoms with Crippen molar-refractivity contribution in [2.24, 2.45) is 0 Å². The Balaban J connectivity index is 1.62. The highest BCUT2D eigenvalue weighted by molar-refractivity contribution is 8.13.